The zero-order valence-corrected chi connectivity index (χ0v) is 23.5. The van der Waals surface area contributed by atoms with Crippen LogP contribution in [0.4, 0.5) is 8.78 Å². The van der Waals surface area contributed by atoms with E-state index in [2.05, 4.69) is 25.7 Å². The van der Waals surface area contributed by atoms with Crippen molar-refractivity contribution in [3.8, 4) is 0 Å². The number of methoxy groups -OCH3 is 1. The highest BCUT2D eigenvalue weighted by molar-refractivity contribution is 6.30. The fourth-order valence-electron chi connectivity index (χ4n) is 5.96. The molecule has 2 aromatic rings. The van der Waals surface area contributed by atoms with E-state index in [-0.39, 0.29) is 29.3 Å². The maximum Gasteiger partial charge on any atom is 0.312 e. The lowest BCUT2D eigenvalue weighted by atomic mass is 9.82. The highest BCUT2D eigenvalue weighted by Gasteiger charge is 2.44. The Morgan fingerprint density at radius 2 is 1.68 bits per heavy atom. The molecule has 0 radical (unpaired) electrons. The van der Waals surface area contributed by atoms with E-state index in [1.54, 1.807) is 0 Å². The average molecular weight is 547 g/mol. The number of carbonyl (C=O) groups is 2. The molecule has 3 unspecified atom stereocenters. The molecule has 206 valence electrons. The second kappa shape index (κ2) is 11.3. The summed E-state index contributed by atoms with van der Waals surface area (Å²) in [5.74, 6) is -2.53. The monoisotopic (exact) mass is 546 g/mol. The molecule has 3 atom stereocenters. The molecule has 8 heteroatoms. The van der Waals surface area contributed by atoms with Crippen LogP contribution in [-0.2, 0) is 14.3 Å². The summed E-state index contributed by atoms with van der Waals surface area (Å²) in [6.07, 6.45) is 1.50. The van der Waals surface area contributed by atoms with Gasteiger partial charge in [0.2, 0.25) is 5.91 Å². The molecule has 0 bridgehead atoms. The predicted octanol–water partition coefficient (Wildman–Crippen LogP) is 6.11. The number of amides is 1. The zero-order chi connectivity index (χ0) is 27.8. The Morgan fingerprint density at radius 1 is 1.03 bits per heavy atom. The van der Waals surface area contributed by atoms with E-state index in [9.17, 15) is 18.4 Å². The lowest BCUT2D eigenvalue weighted by Gasteiger charge is -2.36. The molecule has 2 aliphatic rings. The molecule has 5 nitrogen and oxygen atoms in total. The molecule has 0 aliphatic carbocycles. The summed E-state index contributed by atoms with van der Waals surface area (Å²) in [4.78, 5) is 30.2. The van der Waals surface area contributed by atoms with E-state index >= 15 is 0 Å². The number of carbonyl (C=O) groups excluding carboxylic acids is 2. The highest BCUT2D eigenvalue weighted by atomic mass is 35.5. The molecule has 0 spiro atoms. The molecule has 4 rings (SSSR count). The van der Waals surface area contributed by atoms with Gasteiger partial charge in [-0.15, -0.1) is 0 Å². The van der Waals surface area contributed by atoms with Crippen molar-refractivity contribution in [2.45, 2.75) is 63.8 Å². The van der Waals surface area contributed by atoms with Crippen LogP contribution >= 0.6 is 11.6 Å². The molecule has 0 N–H and O–H groups in total. The number of hydrogen-bond donors (Lipinski definition) is 0. The fraction of sp³-hybridized carbons (Fsp3) is 0.533. The van der Waals surface area contributed by atoms with Gasteiger partial charge in [0.15, 0.2) is 0 Å². The Morgan fingerprint density at radius 3 is 2.29 bits per heavy atom. The number of rotatable bonds is 5. The number of piperidine rings is 1. The topological polar surface area (TPSA) is 49.9 Å². The van der Waals surface area contributed by atoms with Crippen LogP contribution in [0.15, 0.2) is 36.4 Å². The van der Waals surface area contributed by atoms with Crippen molar-refractivity contribution in [1.29, 1.82) is 0 Å². The summed E-state index contributed by atoms with van der Waals surface area (Å²) < 4.78 is 33.4. The average Bonchev–Trinajstić information content (AvgIpc) is 3.33. The second-order valence-corrected chi connectivity index (χ2v) is 12.0. The standard InChI is InChI=1S/C30H37ClF2N2O3/c1-18(29(37)38-5)24-14-20(31)6-8-22(24)19-10-12-34(13-11-19)28(36)26-17-35(30(2,3)4)16-25(26)23-9-7-21(32)15-27(23)33/h6-9,14-15,18-19,25-26H,10-13,16-17H2,1-5H3. The van der Waals surface area contributed by atoms with Crippen LogP contribution in [0.5, 0.6) is 0 Å². The van der Waals surface area contributed by atoms with Crippen LogP contribution in [0.3, 0.4) is 0 Å². The first kappa shape index (κ1) is 28.5. The van der Waals surface area contributed by atoms with Gasteiger partial charge < -0.3 is 9.64 Å². The Labute approximate surface area is 229 Å². The van der Waals surface area contributed by atoms with Crippen LogP contribution in [0.2, 0.25) is 5.02 Å². The molecular weight excluding hydrogens is 510 g/mol. The van der Waals surface area contributed by atoms with Crippen molar-refractivity contribution >= 4 is 23.5 Å². The summed E-state index contributed by atoms with van der Waals surface area (Å²) in [5.41, 5.74) is 2.13. The minimum Gasteiger partial charge on any atom is -0.469 e. The van der Waals surface area contributed by atoms with Crippen molar-refractivity contribution in [2.24, 2.45) is 5.92 Å². The first-order valence-electron chi connectivity index (χ1n) is 13.3. The van der Waals surface area contributed by atoms with Crippen LogP contribution in [0, 0.1) is 17.6 Å². The Bertz CT molecular complexity index is 1190. The van der Waals surface area contributed by atoms with Crippen LogP contribution in [0.25, 0.3) is 0 Å². The summed E-state index contributed by atoms with van der Waals surface area (Å²) >= 11 is 6.26. The number of benzene rings is 2. The maximum absolute atomic E-state index is 14.8. The number of esters is 1. The van der Waals surface area contributed by atoms with Crippen molar-refractivity contribution < 1.29 is 23.1 Å². The Kier molecular flexibility index (Phi) is 8.48. The van der Waals surface area contributed by atoms with E-state index in [1.165, 1.54) is 19.2 Å². The first-order valence-corrected chi connectivity index (χ1v) is 13.6. The second-order valence-electron chi connectivity index (χ2n) is 11.6. The van der Waals surface area contributed by atoms with Crippen LogP contribution in [0.1, 0.15) is 75.0 Å². The van der Waals surface area contributed by atoms with Crippen molar-refractivity contribution in [2.75, 3.05) is 33.3 Å². The fourth-order valence-corrected chi connectivity index (χ4v) is 6.14. The van der Waals surface area contributed by atoms with Crippen molar-refractivity contribution in [3.63, 3.8) is 0 Å². The Balaban J connectivity index is 1.52. The van der Waals surface area contributed by atoms with Gasteiger partial charge in [0.05, 0.1) is 18.9 Å². The third kappa shape index (κ3) is 5.89. The maximum atomic E-state index is 14.8. The molecule has 38 heavy (non-hydrogen) atoms. The summed E-state index contributed by atoms with van der Waals surface area (Å²) in [6, 6.07) is 9.30. The molecule has 0 aromatic heterocycles. The largest absolute Gasteiger partial charge is 0.469 e. The van der Waals surface area contributed by atoms with Gasteiger partial charge in [0.25, 0.3) is 0 Å². The number of ether oxygens (including phenoxy) is 1. The van der Waals surface area contributed by atoms with Crippen molar-refractivity contribution in [1.82, 2.24) is 9.80 Å². The zero-order valence-electron chi connectivity index (χ0n) is 22.8. The highest BCUT2D eigenvalue weighted by Crippen LogP contribution is 2.40. The molecular formula is C30H37ClF2N2O3. The Hall–Kier alpha value is -2.51. The minimum absolute atomic E-state index is 0.0168. The van der Waals surface area contributed by atoms with Gasteiger partial charge in [0, 0.05) is 48.7 Å². The van der Waals surface area contributed by atoms with Crippen molar-refractivity contribution in [3.05, 3.63) is 69.7 Å². The quantitative estimate of drug-likeness (QED) is 0.424. The normalized spacial score (nSPS) is 21.9. The third-order valence-corrected chi connectivity index (χ3v) is 8.50. The van der Waals surface area contributed by atoms with Gasteiger partial charge in [-0.2, -0.15) is 0 Å². The third-order valence-electron chi connectivity index (χ3n) is 8.26. The van der Waals surface area contributed by atoms with Gasteiger partial charge in [-0.3, -0.25) is 14.5 Å². The molecule has 2 aromatic carbocycles. The number of halogens is 3. The smallest absolute Gasteiger partial charge is 0.312 e. The SMILES string of the molecule is COC(=O)C(C)c1cc(Cl)ccc1C1CCN(C(=O)C2CN(C(C)(C)C)CC2c2ccc(F)cc2F)CC1. The van der Waals surface area contributed by atoms with Gasteiger partial charge in [-0.05, 0) is 81.3 Å². The lowest BCUT2D eigenvalue weighted by Crippen LogP contribution is -2.44. The van der Waals surface area contributed by atoms with E-state index in [0.717, 1.165) is 30.0 Å². The lowest BCUT2D eigenvalue weighted by molar-refractivity contribution is -0.142. The molecule has 2 saturated heterocycles. The van der Waals surface area contributed by atoms with E-state index in [4.69, 9.17) is 16.3 Å². The summed E-state index contributed by atoms with van der Waals surface area (Å²) in [7, 11) is 1.38. The first-order chi connectivity index (χ1) is 17.9. The van der Waals surface area contributed by atoms with Gasteiger partial charge in [0.1, 0.15) is 11.6 Å². The molecule has 2 heterocycles. The molecule has 2 aliphatic heterocycles. The molecule has 0 saturated carbocycles. The number of likely N-dealkylation sites (tertiary alicyclic amines) is 2. The summed E-state index contributed by atoms with van der Waals surface area (Å²) in [6.45, 7) is 10.3. The minimum atomic E-state index is -0.620. The van der Waals surface area contributed by atoms with Crippen LogP contribution < -0.4 is 0 Å². The predicted molar refractivity (Wildman–Crippen MR) is 144 cm³/mol. The number of nitrogens with zero attached hydrogens (tertiary/aromatic N) is 2. The molecule has 1 amide bonds. The van der Waals surface area contributed by atoms with E-state index < -0.39 is 23.5 Å². The van der Waals surface area contributed by atoms with E-state index in [1.807, 2.05) is 30.0 Å². The van der Waals surface area contributed by atoms with Crippen LogP contribution in [-0.4, -0.2) is 60.5 Å². The van der Waals surface area contributed by atoms with Gasteiger partial charge >= 0.3 is 5.97 Å². The van der Waals surface area contributed by atoms with Gasteiger partial charge in [-0.25, -0.2) is 8.78 Å². The molecule has 2 fully saturated rings. The van der Waals surface area contributed by atoms with E-state index in [0.29, 0.717) is 36.8 Å². The summed E-state index contributed by atoms with van der Waals surface area (Å²) in [5, 5.41) is 0.566. The van der Waals surface area contributed by atoms with Gasteiger partial charge in [-0.1, -0.05) is 23.7 Å². The number of hydrogen-bond acceptors (Lipinski definition) is 4.